The van der Waals surface area contributed by atoms with Crippen molar-refractivity contribution in [3.05, 3.63) is 63.1 Å². The van der Waals surface area contributed by atoms with E-state index in [-0.39, 0.29) is 12.5 Å². The number of carbonyl (C=O) groups is 1. The van der Waals surface area contributed by atoms with Gasteiger partial charge in [-0.15, -0.1) is 0 Å². The lowest BCUT2D eigenvalue weighted by atomic mass is 10.1. The van der Waals surface area contributed by atoms with Gasteiger partial charge in [-0.3, -0.25) is 9.10 Å². The molecule has 2 rings (SSSR count). The van der Waals surface area contributed by atoms with Gasteiger partial charge in [-0.2, -0.15) is 11.8 Å². The molecule has 1 N–H and O–H groups in total. The third-order valence-electron chi connectivity index (χ3n) is 4.41. The van der Waals surface area contributed by atoms with Crippen LogP contribution in [0.1, 0.15) is 16.7 Å². The maximum atomic E-state index is 12.3. The highest BCUT2D eigenvalue weighted by Crippen LogP contribution is 2.28. The molecular weight excluding hydrogens is 451 g/mol. The van der Waals surface area contributed by atoms with Gasteiger partial charge < -0.3 is 5.32 Å². The Morgan fingerprint density at radius 2 is 1.72 bits per heavy atom. The first kappa shape index (κ1) is 23.9. The lowest BCUT2D eigenvalue weighted by Gasteiger charge is -2.24. The van der Waals surface area contributed by atoms with Crippen molar-refractivity contribution < 1.29 is 13.2 Å². The Bertz CT molecular complexity index is 961. The van der Waals surface area contributed by atoms with Crippen LogP contribution < -0.4 is 9.62 Å². The highest BCUT2D eigenvalue weighted by Gasteiger charge is 2.22. The van der Waals surface area contributed by atoms with Crippen molar-refractivity contribution in [2.45, 2.75) is 19.6 Å². The summed E-state index contributed by atoms with van der Waals surface area (Å²) >= 11 is 13.9. The quantitative estimate of drug-likeness (QED) is 0.545. The highest BCUT2D eigenvalue weighted by molar-refractivity contribution is 7.98. The Morgan fingerprint density at radius 1 is 1.10 bits per heavy atom. The first-order valence-electron chi connectivity index (χ1n) is 8.92. The molecule has 0 heterocycles. The minimum absolute atomic E-state index is 0.260. The molecule has 5 nitrogen and oxygen atoms in total. The molecule has 0 fully saturated rings. The van der Waals surface area contributed by atoms with E-state index >= 15 is 0 Å². The number of aryl methyl sites for hydroxylation is 1. The van der Waals surface area contributed by atoms with Crippen LogP contribution in [0.2, 0.25) is 10.0 Å². The van der Waals surface area contributed by atoms with Crippen LogP contribution in [0, 0.1) is 13.8 Å². The van der Waals surface area contributed by atoms with Crippen molar-refractivity contribution in [2.75, 3.05) is 29.4 Å². The molecule has 0 saturated heterocycles. The molecule has 158 valence electrons. The number of halogens is 2. The number of thioether (sulfide) groups is 1. The number of benzene rings is 2. The summed E-state index contributed by atoms with van der Waals surface area (Å²) < 4.78 is 25.6. The van der Waals surface area contributed by atoms with Gasteiger partial charge in [-0.1, -0.05) is 41.4 Å². The van der Waals surface area contributed by atoms with Crippen molar-refractivity contribution in [1.82, 2.24) is 5.32 Å². The van der Waals surface area contributed by atoms with E-state index in [1.165, 1.54) is 0 Å². The topological polar surface area (TPSA) is 66.5 Å². The Kier molecular flexibility index (Phi) is 8.70. The fourth-order valence-corrected chi connectivity index (χ4v) is 5.18. The predicted octanol–water partition coefficient (Wildman–Crippen LogP) is 4.43. The molecule has 2 aromatic rings. The molecule has 2 aromatic carbocycles. The maximum Gasteiger partial charge on any atom is 0.240 e. The SMILES string of the molecule is Cc1cccc(N(CC(=O)NCCSCc2c(Cl)cccc2Cl)S(C)(=O)=O)c1C. The van der Waals surface area contributed by atoms with E-state index in [1.807, 2.05) is 19.9 Å². The van der Waals surface area contributed by atoms with Gasteiger partial charge in [0.25, 0.3) is 0 Å². The van der Waals surface area contributed by atoms with E-state index in [0.29, 0.717) is 33.8 Å². The first-order valence-corrected chi connectivity index (χ1v) is 12.7. The molecule has 0 saturated carbocycles. The monoisotopic (exact) mass is 474 g/mol. The van der Waals surface area contributed by atoms with Crippen LogP contribution in [0.3, 0.4) is 0 Å². The molecule has 0 bridgehead atoms. The summed E-state index contributed by atoms with van der Waals surface area (Å²) in [7, 11) is -3.60. The zero-order valence-electron chi connectivity index (χ0n) is 16.5. The molecule has 0 unspecified atom stereocenters. The minimum Gasteiger partial charge on any atom is -0.354 e. The largest absolute Gasteiger partial charge is 0.354 e. The van der Waals surface area contributed by atoms with E-state index in [9.17, 15) is 13.2 Å². The lowest BCUT2D eigenvalue weighted by molar-refractivity contribution is -0.119. The lowest BCUT2D eigenvalue weighted by Crippen LogP contribution is -2.41. The van der Waals surface area contributed by atoms with Gasteiger partial charge in [0.1, 0.15) is 6.54 Å². The summed E-state index contributed by atoms with van der Waals surface area (Å²) in [5.74, 6) is 0.926. The number of nitrogens with zero attached hydrogens (tertiary/aromatic N) is 1. The van der Waals surface area contributed by atoms with Gasteiger partial charge in [0, 0.05) is 28.1 Å². The van der Waals surface area contributed by atoms with Crippen LogP contribution in [-0.2, 0) is 20.6 Å². The van der Waals surface area contributed by atoms with Gasteiger partial charge in [0.2, 0.25) is 15.9 Å². The van der Waals surface area contributed by atoms with Crippen molar-refractivity contribution in [2.24, 2.45) is 0 Å². The summed E-state index contributed by atoms with van der Waals surface area (Å²) in [5, 5.41) is 4.01. The molecular formula is C20H24Cl2N2O3S2. The third-order valence-corrected chi connectivity index (χ3v) is 7.23. The second-order valence-corrected chi connectivity index (χ2v) is 10.4. The van der Waals surface area contributed by atoms with Gasteiger partial charge in [0.15, 0.2) is 0 Å². The Morgan fingerprint density at radius 3 is 2.34 bits per heavy atom. The fraction of sp³-hybridized carbons (Fsp3) is 0.350. The number of nitrogens with one attached hydrogen (secondary N) is 1. The number of sulfonamides is 1. The Hall–Kier alpha value is -1.41. The number of hydrogen-bond donors (Lipinski definition) is 1. The summed E-state index contributed by atoms with van der Waals surface area (Å²) in [5.41, 5.74) is 3.18. The van der Waals surface area contributed by atoms with E-state index in [2.05, 4.69) is 5.32 Å². The van der Waals surface area contributed by atoms with Gasteiger partial charge >= 0.3 is 0 Å². The molecule has 0 radical (unpaired) electrons. The first-order chi connectivity index (χ1) is 13.6. The normalized spacial score (nSPS) is 11.3. The number of hydrogen-bond acceptors (Lipinski definition) is 4. The zero-order valence-corrected chi connectivity index (χ0v) is 19.7. The van der Waals surface area contributed by atoms with Crippen LogP contribution in [0.4, 0.5) is 5.69 Å². The second-order valence-electron chi connectivity index (χ2n) is 6.59. The molecule has 0 atom stereocenters. The summed E-state index contributed by atoms with van der Waals surface area (Å²) in [6.45, 7) is 3.90. The van der Waals surface area contributed by atoms with Crippen LogP contribution in [0.25, 0.3) is 0 Å². The van der Waals surface area contributed by atoms with E-state index < -0.39 is 10.0 Å². The molecule has 29 heavy (non-hydrogen) atoms. The van der Waals surface area contributed by atoms with Crippen molar-refractivity contribution in [3.8, 4) is 0 Å². The molecule has 9 heteroatoms. The number of carbonyl (C=O) groups excluding carboxylic acids is 1. The van der Waals surface area contributed by atoms with Crippen molar-refractivity contribution >= 4 is 56.6 Å². The fourth-order valence-electron chi connectivity index (χ4n) is 2.68. The van der Waals surface area contributed by atoms with Crippen LogP contribution >= 0.6 is 35.0 Å². The van der Waals surface area contributed by atoms with E-state index in [1.54, 1.807) is 42.1 Å². The van der Waals surface area contributed by atoms with Gasteiger partial charge in [-0.05, 0) is 48.7 Å². The molecule has 0 aromatic heterocycles. The molecule has 0 aliphatic carbocycles. The Balaban J connectivity index is 1.90. The summed E-state index contributed by atoms with van der Waals surface area (Å²) in [6.07, 6.45) is 1.10. The van der Waals surface area contributed by atoms with Crippen molar-refractivity contribution in [1.29, 1.82) is 0 Å². The van der Waals surface area contributed by atoms with Gasteiger partial charge in [0.05, 0.1) is 11.9 Å². The van der Waals surface area contributed by atoms with E-state index in [0.717, 1.165) is 27.3 Å². The summed E-state index contributed by atoms with van der Waals surface area (Å²) in [6, 6.07) is 10.8. The average molecular weight is 475 g/mol. The van der Waals surface area contributed by atoms with Gasteiger partial charge in [-0.25, -0.2) is 8.42 Å². The average Bonchev–Trinajstić information content (AvgIpc) is 2.63. The van der Waals surface area contributed by atoms with Crippen LogP contribution in [0.15, 0.2) is 36.4 Å². The van der Waals surface area contributed by atoms with E-state index in [4.69, 9.17) is 23.2 Å². The zero-order chi connectivity index (χ0) is 21.6. The van der Waals surface area contributed by atoms with Crippen LogP contribution in [0.5, 0.6) is 0 Å². The number of amides is 1. The minimum atomic E-state index is -3.60. The van der Waals surface area contributed by atoms with Crippen molar-refractivity contribution in [3.63, 3.8) is 0 Å². The second kappa shape index (κ2) is 10.6. The maximum absolute atomic E-state index is 12.3. The summed E-state index contributed by atoms with van der Waals surface area (Å²) in [4.78, 5) is 12.3. The Labute approximate surface area is 186 Å². The van der Waals surface area contributed by atoms with Crippen LogP contribution in [-0.4, -0.2) is 39.4 Å². The molecule has 0 aliphatic heterocycles. The third kappa shape index (κ3) is 6.81. The number of rotatable bonds is 9. The number of anilines is 1. The predicted molar refractivity (Wildman–Crippen MR) is 124 cm³/mol. The smallest absolute Gasteiger partial charge is 0.240 e. The highest BCUT2D eigenvalue weighted by atomic mass is 35.5. The standard InChI is InChI=1S/C20H24Cl2N2O3S2/c1-14-6-4-9-19(15(14)2)24(29(3,26)27)12-20(25)23-10-11-28-13-16-17(21)7-5-8-18(16)22/h4-9H,10-13H2,1-3H3,(H,23,25). The molecule has 1 amide bonds. The molecule has 0 spiro atoms. The molecule has 0 aliphatic rings.